The smallest absolute Gasteiger partial charge is 0.333 e. The highest BCUT2D eigenvalue weighted by Gasteiger charge is 2.28. The van der Waals surface area contributed by atoms with Crippen LogP contribution in [0.1, 0.15) is 257 Å². The van der Waals surface area contributed by atoms with E-state index in [1.54, 1.807) is 48.5 Å². The Morgan fingerprint density at radius 1 is 0.319 bits per heavy atom. The molecular weight excluding hydrogens is 1200 g/mol. The van der Waals surface area contributed by atoms with Crippen molar-refractivity contribution in [3.63, 3.8) is 0 Å². The molecule has 508 valence electrons. The summed E-state index contributed by atoms with van der Waals surface area (Å²) in [6.07, 6.45) is 8.65. The number of Topliss-reactive ketones (excluding diaryl/α,β-unsaturated/α-hetero) is 6. The minimum Gasteiger partial charge on any atom is -0.489 e. The molecule has 0 fully saturated rings. The summed E-state index contributed by atoms with van der Waals surface area (Å²) < 4.78 is 49.3. The summed E-state index contributed by atoms with van der Waals surface area (Å²) in [5.41, 5.74) is 5.31. The highest BCUT2D eigenvalue weighted by atomic mass is 16.6. The van der Waals surface area contributed by atoms with Gasteiger partial charge in [-0.15, -0.1) is 0 Å². The van der Waals surface area contributed by atoms with Gasteiger partial charge >= 0.3 is 23.9 Å². The summed E-state index contributed by atoms with van der Waals surface area (Å²) in [7, 11) is 0. The van der Waals surface area contributed by atoms with Crippen molar-refractivity contribution in [1.29, 1.82) is 0 Å². The molecule has 0 saturated heterocycles. The van der Waals surface area contributed by atoms with E-state index in [9.17, 15) is 47.9 Å². The van der Waals surface area contributed by atoms with Gasteiger partial charge in [-0.3, -0.25) is 38.4 Å². The summed E-state index contributed by atoms with van der Waals surface area (Å²) in [6.45, 7) is 19.4. The van der Waals surface area contributed by atoms with Crippen molar-refractivity contribution in [2.75, 3.05) is 52.9 Å². The summed E-state index contributed by atoms with van der Waals surface area (Å²) >= 11 is 0. The molecule has 94 heavy (non-hydrogen) atoms. The Labute approximate surface area is 554 Å². The van der Waals surface area contributed by atoms with Crippen LogP contribution in [0.3, 0.4) is 0 Å². The lowest BCUT2D eigenvalue weighted by Gasteiger charge is -2.25. The minimum atomic E-state index is -0.752. The highest BCUT2D eigenvalue weighted by molar-refractivity contribution is 6.00. The molecule has 0 unspecified atom stereocenters. The van der Waals surface area contributed by atoms with Gasteiger partial charge in [0, 0.05) is 84.8 Å². The van der Waals surface area contributed by atoms with Gasteiger partial charge in [-0.25, -0.2) is 9.59 Å². The van der Waals surface area contributed by atoms with Crippen molar-refractivity contribution in [3.8, 4) is 23.0 Å². The molecule has 0 heterocycles. The van der Waals surface area contributed by atoms with Crippen molar-refractivity contribution >= 4 is 58.6 Å². The van der Waals surface area contributed by atoms with Gasteiger partial charge in [0.25, 0.3) is 0 Å². The van der Waals surface area contributed by atoms with E-state index in [0.29, 0.717) is 92.4 Å². The zero-order valence-corrected chi connectivity index (χ0v) is 56.6. The van der Waals surface area contributed by atoms with Crippen molar-refractivity contribution in [2.45, 2.75) is 197 Å². The number of esters is 4. The quantitative estimate of drug-likeness (QED) is 0.00880. The van der Waals surface area contributed by atoms with Crippen molar-refractivity contribution < 1.29 is 85.8 Å². The summed E-state index contributed by atoms with van der Waals surface area (Å²) in [5, 5.41) is 0. The van der Waals surface area contributed by atoms with E-state index in [0.717, 1.165) is 51.4 Å². The van der Waals surface area contributed by atoms with Crippen LogP contribution in [0.4, 0.5) is 0 Å². The number of fused-ring (bicyclic) bond motifs is 8. The molecule has 1 aliphatic carbocycles. The number of ketones is 6. The molecule has 0 aromatic heterocycles. The molecule has 18 nitrogen and oxygen atoms in total. The van der Waals surface area contributed by atoms with Crippen LogP contribution in [0.25, 0.3) is 0 Å². The number of ether oxygens (including phenoxy) is 8. The second-order valence-corrected chi connectivity index (χ2v) is 24.1. The zero-order chi connectivity index (χ0) is 68.7. The summed E-state index contributed by atoms with van der Waals surface area (Å²) in [5.74, 6) is -3.13. The van der Waals surface area contributed by atoms with Gasteiger partial charge in [0.1, 0.15) is 100 Å². The molecule has 0 atom stereocenters. The molecule has 0 spiro atoms. The Kier molecular flexibility index (Phi) is 32.3. The lowest BCUT2D eigenvalue weighted by Crippen LogP contribution is -2.18. The van der Waals surface area contributed by atoms with Crippen LogP contribution < -0.4 is 18.9 Å². The molecule has 8 bridgehead atoms. The maximum absolute atomic E-state index is 14.7. The third-order valence-electron chi connectivity index (χ3n) is 15.6. The molecule has 0 radical (unpaired) electrons. The fraction of sp³-hybridized carbons (Fsp3) is 0.500. The number of carbonyl (C=O) groups excluding carboxylic acids is 10. The first-order valence-electron chi connectivity index (χ1n) is 33.3. The van der Waals surface area contributed by atoms with Crippen LogP contribution >= 0.6 is 0 Å². The lowest BCUT2D eigenvalue weighted by molar-refractivity contribution is -0.147. The standard InChI is InChI=1S/C76H96O18/c1-11-15-19-23-65(79)53-37-57-45-61-41-55(67(81)25-21-17-13-3)43-63(73(61)91-31-33-93-75(85)49(5)6)47-59-39-54(66(80)24-20-16-12-2)40-60(72(59)90-30-28-88-70(84)36-52(10)78)48-64-44-56(68(82)26-22-18-14-4)42-62(74(64)92-32-34-94-76(86)50(7)8)46-58(38-53)71(57)89-29-27-87-69(83)35-51(9)77/h37-44H,5,7,11-36,45-48H2,1-4,6,8-10H3. The van der Waals surface area contributed by atoms with E-state index in [1.807, 2.05) is 27.7 Å². The largest absolute Gasteiger partial charge is 0.489 e. The average Bonchev–Trinajstić information content (AvgIpc) is 0.774. The first-order chi connectivity index (χ1) is 45.1. The fourth-order valence-corrected chi connectivity index (χ4v) is 10.9. The predicted molar refractivity (Wildman–Crippen MR) is 357 cm³/mol. The monoisotopic (exact) mass is 1300 g/mol. The fourth-order valence-electron chi connectivity index (χ4n) is 10.9. The second kappa shape index (κ2) is 39.9. The summed E-state index contributed by atoms with van der Waals surface area (Å²) in [6, 6.07) is 14.0. The molecule has 0 saturated carbocycles. The van der Waals surface area contributed by atoms with E-state index < -0.39 is 36.7 Å². The number of hydrogen-bond acceptors (Lipinski definition) is 18. The average molecular weight is 1300 g/mol. The van der Waals surface area contributed by atoms with Gasteiger partial charge in [-0.05, 0) is 146 Å². The Balaban J connectivity index is 2.03. The molecule has 4 aromatic carbocycles. The first-order valence-corrected chi connectivity index (χ1v) is 33.3. The number of benzene rings is 4. The highest BCUT2D eigenvalue weighted by Crippen LogP contribution is 2.42. The minimum absolute atomic E-state index is 0.0681. The van der Waals surface area contributed by atoms with Crippen LogP contribution in [0, 0.1) is 0 Å². The third kappa shape index (κ3) is 24.7. The molecule has 0 aliphatic heterocycles. The SMILES string of the molecule is C=C(C)C(=O)OCCOc1c2cc(C(=O)CCCCC)cc1Cc1cc(C(=O)CCCCC)cc(c1OCCOC(=O)CC(C)=O)Cc1cc(C(=O)CCCCC)cc(c1OCCOC(=O)C(=C)C)Cc1cc(C(=O)CCCCC)cc(c1OCCOC(=O)CC(C)=O)C2. The van der Waals surface area contributed by atoms with Crippen molar-refractivity contribution in [2.24, 2.45) is 0 Å². The van der Waals surface area contributed by atoms with Crippen LogP contribution in [-0.2, 0) is 73.4 Å². The molecule has 0 amide bonds. The third-order valence-corrected chi connectivity index (χ3v) is 15.6. The zero-order valence-electron chi connectivity index (χ0n) is 56.6. The maximum atomic E-state index is 14.7. The first kappa shape index (κ1) is 76.2. The summed E-state index contributed by atoms with van der Waals surface area (Å²) in [4.78, 5) is 134. The van der Waals surface area contributed by atoms with Gasteiger partial charge in [-0.1, -0.05) is 92.2 Å². The molecule has 18 heteroatoms. The number of rotatable bonds is 42. The van der Waals surface area contributed by atoms with Crippen LogP contribution in [0.15, 0.2) is 72.8 Å². The van der Waals surface area contributed by atoms with E-state index >= 15 is 0 Å². The van der Waals surface area contributed by atoms with E-state index in [2.05, 4.69) is 13.2 Å². The van der Waals surface area contributed by atoms with Gasteiger partial charge in [0.2, 0.25) is 0 Å². The molecule has 1 aliphatic rings. The van der Waals surface area contributed by atoms with Gasteiger partial charge < -0.3 is 37.9 Å². The Morgan fingerprint density at radius 2 is 0.532 bits per heavy atom. The molecule has 4 aromatic rings. The Morgan fingerprint density at radius 3 is 0.723 bits per heavy atom. The molecule has 0 N–H and O–H groups in total. The number of carbonyl (C=O) groups is 10. The van der Waals surface area contributed by atoms with Gasteiger partial charge in [0.15, 0.2) is 23.1 Å². The van der Waals surface area contributed by atoms with E-state index in [-0.39, 0.29) is 173 Å². The Bertz CT molecular complexity index is 3060. The predicted octanol–water partition coefficient (Wildman–Crippen LogP) is 14.2. The number of hydrogen-bond donors (Lipinski definition) is 0. The molecule has 5 rings (SSSR count). The van der Waals surface area contributed by atoms with E-state index in [4.69, 9.17) is 37.9 Å². The van der Waals surface area contributed by atoms with Crippen molar-refractivity contribution in [1.82, 2.24) is 0 Å². The van der Waals surface area contributed by atoms with Gasteiger partial charge in [-0.2, -0.15) is 0 Å². The van der Waals surface area contributed by atoms with E-state index in [1.165, 1.54) is 27.7 Å². The van der Waals surface area contributed by atoms with Crippen LogP contribution in [-0.4, -0.2) is 111 Å². The normalized spacial score (nSPS) is 11.6. The Hall–Kier alpha value is -8.54. The topological polar surface area (TPSA) is 245 Å². The second-order valence-electron chi connectivity index (χ2n) is 24.1. The molecular formula is C76H96O18. The van der Waals surface area contributed by atoms with Crippen molar-refractivity contribution in [3.05, 3.63) is 140 Å². The van der Waals surface area contributed by atoms with Crippen LogP contribution in [0.5, 0.6) is 23.0 Å². The maximum Gasteiger partial charge on any atom is 0.333 e. The van der Waals surface area contributed by atoms with Crippen LogP contribution in [0.2, 0.25) is 0 Å². The lowest BCUT2D eigenvalue weighted by atomic mass is 9.86. The number of unbranched alkanes of at least 4 members (excludes halogenated alkanes) is 8. The van der Waals surface area contributed by atoms with Gasteiger partial charge in [0.05, 0.1) is 0 Å².